The topological polar surface area (TPSA) is 34.1 Å². The Balaban J connectivity index is 1.90. The van der Waals surface area contributed by atoms with E-state index in [0.717, 1.165) is 41.6 Å². The van der Waals surface area contributed by atoms with Gasteiger partial charge < -0.3 is 14.4 Å². The van der Waals surface area contributed by atoms with Gasteiger partial charge in [-0.25, -0.2) is 0 Å². The van der Waals surface area contributed by atoms with Gasteiger partial charge in [-0.3, -0.25) is 4.99 Å². The highest BCUT2D eigenvalue weighted by atomic mass is 16.5. The van der Waals surface area contributed by atoms with E-state index in [1.54, 1.807) is 7.11 Å². The number of para-hydroxylation sites is 1. The summed E-state index contributed by atoms with van der Waals surface area (Å²) in [5.74, 6) is 2.45. The van der Waals surface area contributed by atoms with Crippen LogP contribution in [0.4, 0.5) is 0 Å². The molecule has 0 bridgehead atoms. The van der Waals surface area contributed by atoms with Gasteiger partial charge in [0.05, 0.1) is 19.2 Å². The number of hydrogen-bond donors (Lipinski definition) is 0. The number of methoxy groups -OCH3 is 1. The summed E-state index contributed by atoms with van der Waals surface area (Å²) >= 11 is 0. The van der Waals surface area contributed by atoms with Crippen molar-refractivity contribution in [2.45, 2.75) is 13.5 Å². The Bertz CT molecular complexity index is 725. The van der Waals surface area contributed by atoms with Gasteiger partial charge >= 0.3 is 0 Å². The van der Waals surface area contributed by atoms with E-state index >= 15 is 0 Å². The number of benzene rings is 2. The molecule has 120 valence electrons. The zero-order valence-corrected chi connectivity index (χ0v) is 13.9. The van der Waals surface area contributed by atoms with Crippen LogP contribution in [0.5, 0.6) is 11.5 Å². The fourth-order valence-electron chi connectivity index (χ4n) is 2.78. The maximum Gasteiger partial charge on any atom is 0.172 e. The first-order valence-corrected chi connectivity index (χ1v) is 7.80. The molecule has 2 aromatic carbocycles. The Morgan fingerprint density at radius 3 is 2.70 bits per heavy atom. The van der Waals surface area contributed by atoms with Crippen molar-refractivity contribution in [3.8, 4) is 11.5 Å². The number of nitrogens with zero attached hydrogens (tertiary/aromatic N) is 2. The number of hydrogen-bond acceptors (Lipinski definition) is 4. The molecule has 4 heteroatoms. The third kappa shape index (κ3) is 3.31. The lowest BCUT2D eigenvalue weighted by Gasteiger charge is -2.19. The number of aryl methyl sites for hydroxylation is 1. The van der Waals surface area contributed by atoms with E-state index in [-0.39, 0.29) is 0 Å². The Morgan fingerprint density at radius 2 is 2.00 bits per heavy atom. The van der Waals surface area contributed by atoms with Gasteiger partial charge in [-0.2, -0.15) is 0 Å². The van der Waals surface area contributed by atoms with Gasteiger partial charge in [-0.1, -0.05) is 35.9 Å². The minimum atomic E-state index is 0.506. The number of aliphatic imine (C=N–C) groups is 1. The van der Waals surface area contributed by atoms with Crippen LogP contribution < -0.4 is 9.47 Å². The van der Waals surface area contributed by atoms with Crippen LogP contribution in [0.3, 0.4) is 0 Å². The fraction of sp³-hybridized carbons (Fsp3) is 0.316. The second-order valence-electron chi connectivity index (χ2n) is 5.74. The minimum absolute atomic E-state index is 0.506. The predicted molar refractivity (Wildman–Crippen MR) is 92.5 cm³/mol. The molecule has 0 aromatic heterocycles. The first kappa shape index (κ1) is 15.4. The third-order valence-electron chi connectivity index (χ3n) is 3.96. The summed E-state index contributed by atoms with van der Waals surface area (Å²) in [6.45, 7) is 4.34. The van der Waals surface area contributed by atoms with Crippen LogP contribution in [-0.4, -0.2) is 38.0 Å². The van der Waals surface area contributed by atoms with E-state index in [0.29, 0.717) is 6.61 Å². The van der Waals surface area contributed by atoms with Crippen molar-refractivity contribution in [2.75, 3.05) is 27.2 Å². The van der Waals surface area contributed by atoms with Crippen molar-refractivity contribution in [3.05, 3.63) is 59.2 Å². The molecule has 0 saturated carbocycles. The maximum atomic E-state index is 6.13. The zero-order chi connectivity index (χ0) is 16.2. The molecule has 2 aromatic rings. The van der Waals surface area contributed by atoms with Crippen molar-refractivity contribution in [3.63, 3.8) is 0 Å². The molecule has 4 nitrogen and oxygen atoms in total. The van der Waals surface area contributed by atoms with Crippen LogP contribution in [-0.2, 0) is 6.61 Å². The molecule has 0 N–H and O–H groups in total. The smallest absolute Gasteiger partial charge is 0.172 e. The summed E-state index contributed by atoms with van der Waals surface area (Å²) in [4.78, 5) is 6.75. The minimum Gasteiger partial charge on any atom is -0.493 e. The largest absolute Gasteiger partial charge is 0.493 e. The van der Waals surface area contributed by atoms with Crippen LogP contribution in [0.1, 0.15) is 16.7 Å². The Kier molecular flexibility index (Phi) is 4.51. The molecule has 0 atom stereocenters. The van der Waals surface area contributed by atoms with Crippen LogP contribution in [0.15, 0.2) is 47.5 Å². The molecule has 0 spiro atoms. The summed E-state index contributed by atoms with van der Waals surface area (Å²) in [6, 6.07) is 14.3. The lowest BCUT2D eigenvalue weighted by atomic mass is 10.1. The van der Waals surface area contributed by atoms with Gasteiger partial charge in [-0.05, 0) is 24.6 Å². The standard InChI is InChI=1S/C19H22N2O2/c1-14-6-4-7-15(12-14)13-23-18-16(8-5-9-17(18)22-3)19-20-10-11-21(19)2/h4-9,12H,10-11,13H2,1-3H3. The first-order valence-electron chi connectivity index (χ1n) is 7.80. The maximum absolute atomic E-state index is 6.13. The molecule has 0 amide bonds. The third-order valence-corrected chi connectivity index (χ3v) is 3.96. The van der Waals surface area contributed by atoms with Gasteiger partial charge in [0.2, 0.25) is 0 Å². The number of likely N-dealkylation sites (N-methyl/N-ethyl adjacent to an activating group) is 1. The molecule has 0 unspecified atom stereocenters. The van der Waals surface area contributed by atoms with Crippen LogP contribution in [0.25, 0.3) is 0 Å². The van der Waals surface area contributed by atoms with Crippen LogP contribution in [0, 0.1) is 6.92 Å². The van der Waals surface area contributed by atoms with Crippen molar-refractivity contribution in [1.29, 1.82) is 0 Å². The lowest BCUT2D eigenvalue weighted by molar-refractivity contribution is 0.283. The zero-order valence-electron chi connectivity index (χ0n) is 13.9. The molecule has 23 heavy (non-hydrogen) atoms. The van der Waals surface area contributed by atoms with Gasteiger partial charge in [0.15, 0.2) is 11.5 Å². The van der Waals surface area contributed by atoms with Gasteiger partial charge in [0, 0.05) is 13.6 Å². The van der Waals surface area contributed by atoms with Crippen LogP contribution in [0.2, 0.25) is 0 Å². The molecular formula is C19H22N2O2. The molecular weight excluding hydrogens is 288 g/mol. The van der Waals surface area contributed by atoms with Crippen LogP contribution >= 0.6 is 0 Å². The Hall–Kier alpha value is -2.49. The SMILES string of the molecule is COc1cccc(C2=NCCN2C)c1OCc1cccc(C)c1. The molecule has 0 radical (unpaired) electrons. The van der Waals surface area contributed by atoms with E-state index in [1.165, 1.54) is 5.56 Å². The molecule has 3 rings (SSSR count). The molecule has 1 heterocycles. The highest BCUT2D eigenvalue weighted by Gasteiger charge is 2.21. The van der Waals surface area contributed by atoms with Crippen molar-refractivity contribution < 1.29 is 9.47 Å². The summed E-state index contributed by atoms with van der Waals surface area (Å²) in [5, 5.41) is 0. The Morgan fingerprint density at radius 1 is 1.17 bits per heavy atom. The normalized spacial score (nSPS) is 13.9. The number of rotatable bonds is 5. The van der Waals surface area contributed by atoms with Gasteiger partial charge in [-0.15, -0.1) is 0 Å². The summed E-state index contributed by atoms with van der Waals surface area (Å²) in [5.41, 5.74) is 3.35. The first-order chi connectivity index (χ1) is 11.2. The number of ether oxygens (including phenoxy) is 2. The second kappa shape index (κ2) is 6.73. The quantitative estimate of drug-likeness (QED) is 0.850. The van der Waals surface area contributed by atoms with Crippen molar-refractivity contribution in [1.82, 2.24) is 4.90 Å². The average molecular weight is 310 g/mol. The van der Waals surface area contributed by atoms with E-state index in [9.17, 15) is 0 Å². The van der Waals surface area contributed by atoms with Gasteiger partial charge in [0.1, 0.15) is 12.4 Å². The second-order valence-corrected chi connectivity index (χ2v) is 5.74. The van der Waals surface area contributed by atoms with Gasteiger partial charge in [0.25, 0.3) is 0 Å². The van der Waals surface area contributed by atoms with Crippen molar-refractivity contribution in [2.24, 2.45) is 4.99 Å². The highest BCUT2D eigenvalue weighted by Crippen LogP contribution is 2.33. The molecule has 0 saturated heterocycles. The lowest BCUT2D eigenvalue weighted by Crippen LogP contribution is -2.24. The van der Waals surface area contributed by atoms with E-state index in [4.69, 9.17) is 9.47 Å². The van der Waals surface area contributed by atoms with Crippen molar-refractivity contribution >= 4 is 5.84 Å². The fourth-order valence-corrected chi connectivity index (χ4v) is 2.78. The molecule has 1 aliphatic rings. The summed E-state index contributed by atoms with van der Waals surface area (Å²) in [7, 11) is 3.72. The summed E-state index contributed by atoms with van der Waals surface area (Å²) in [6.07, 6.45) is 0. The molecule has 0 fully saturated rings. The van der Waals surface area contributed by atoms with E-state index in [1.807, 2.05) is 24.3 Å². The molecule has 0 aliphatic carbocycles. The van der Waals surface area contributed by atoms with E-state index < -0.39 is 0 Å². The Labute approximate surface area is 137 Å². The summed E-state index contributed by atoms with van der Waals surface area (Å²) < 4.78 is 11.6. The number of amidine groups is 1. The van der Waals surface area contributed by atoms with E-state index in [2.05, 4.69) is 42.1 Å². The average Bonchev–Trinajstić information content (AvgIpc) is 2.98. The highest BCUT2D eigenvalue weighted by molar-refractivity contribution is 6.02. The monoisotopic (exact) mass is 310 g/mol. The predicted octanol–water partition coefficient (Wildman–Crippen LogP) is 3.27. The molecule has 1 aliphatic heterocycles.